The smallest absolute Gasteiger partial charge is 0.323 e. The zero-order chi connectivity index (χ0) is 27.4. The van der Waals surface area contributed by atoms with Gasteiger partial charge in [0, 0.05) is 23.0 Å². The van der Waals surface area contributed by atoms with Crippen molar-refractivity contribution in [2.24, 2.45) is 11.8 Å². The van der Waals surface area contributed by atoms with Crippen LogP contribution in [0.3, 0.4) is 0 Å². The molecular weight excluding hydrogens is 502 g/mol. The monoisotopic (exact) mass is 541 g/mol. The second-order valence-corrected chi connectivity index (χ2v) is 12.0. The van der Waals surface area contributed by atoms with Gasteiger partial charge in [-0.3, -0.25) is 9.59 Å². The molecule has 0 aromatic heterocycles. The van der Waals surface area contributed by atoms with Gasteiger partial charge in [-0.2, -0.15) is 0 Å². The van der Waals surface area contributed by atoms with E-state index in [1.807, 2.05) is 24.3 Å². The Kier molecular flexibility index (Phi) is 9.04. The highest BCUT2D eigenvalue weighted by Gasteiger charge is 2.49. The number of rotatable bonds is 10. The lowest BCUT2D eigenvalue weighted by Crippen LogP contribution is -2.50. The Balaban J connectivity index is 1.55. The summed E-state index contributed by atoms with van der Waals surface area (Å²) < 4.78 is 13.2. The molecule has 38 heavy (non-hydrogen) atoms. The molecule has 2 aliphatic rings. The molecule has 0 unspecified atom stereocenters. The van der Waals surface area contributed by atoms with E-state index in [4.69, 9.17) is 21.1 Å². The number of carbonyl (C=O) groups is 2. The highest BCUT2D eigenvalue weighted by molar-refractivity contribution is 6.30. The Morgan fingerprint density at radius 1 is 1.16 bits per heavy atom. The van der Waals surface area contributed by atoms with Crippen LogP contribution >= 0.6 is 11.6 Å². The van der Waals surface area contributed by atoms with Crippen molar-refractivity contribution < 1.29 is 24.2 Å². The van der Waals surface area contributed by atoms with Gasteiger partial charge in [-0.05, 0) is 80.8 Å². The third-order valence-corrected chi connectivity index (χ3v) is 8.12. The summed E-state index contributed by atoms with van der Waals surface area (Å²) in [5.41, 5.74) is 2.31. The van der Waals surface area contributed by atoms with Crippen molar-refractivity contribution in [2.75, 3.05) is 6.54 Å². The molecule has 2 aliphatic heterocycles. The summed E-state index contributed by atoms with van der Waals surface area (Å²) >= 11 is 6.10. The zero-order valence-corrected chi connectivity index (χ0v) is 23.7. The number of amides is 1. The third-order valence-electron chi connectivity index (χ3n) is 7.89. The van der Waals surface area contributed by atoms with Crippen LogP contribution in [0.1, 0.15) is 82.6 Å². The molecule has 1 amide bonds. The van der Waals surface area contributed by atoms with Crippen molar-refractivity contribution in [1.82, 2.24) is 4.90 Å². The Morgan fingerprint density at radius 3 is 2.66 bits per heavy atom. The van der Waals surface area contributed by atoms with Crippen molar-refractivity contribution in [3.63, 3.8) is 0 Å². The van der Waals surface area contributed by atoms with Gasteiger partial charge >= 0.3 is 5.97 Å². The van der Waals surface area contributed by atoms with Crippen LogP contribution in [0.4, 0.5) is 0 Å². The topological polar surface area (TPSA) is 76.1 Å². The summed E-state index contributed by atoms with van der Waals surface area (Å²) in [6.45, 7) is 8.66. The minimum Gasteiger partial charge on any atom is -0.487 e. The van der Waals surface area contributed by atoms with Crippen molar-refractivity contribution in [1.29, 1.82) is 0 Å². The highest BCUT2D eigenvalue weighted by Crippen LogP contribution is 2.52. The lowest BCUT2D eigenvalue weighted by molar-refractivity contribution is -0.152. The van der Waals surface area contributed by atoms with Crippen LogP contribution in [-0.4, -0.2) is 40.1 Å². The molecule has 0 bridgehead atoms. The van der Waals surface area contributed by atoms with Crippen molar-refractivity contribution in [3.05, 3.63) is 64.2 Å². The van der Waals surface area contributed by atoms with Crippen molar-refractivity contribution in [2.45, 2.75) is 90.6 Å². The van der Waals surface area contributed by atoms with Crippen LogP contribution in [-0.2, 0) is 27.3 Å². The Labute approximate surface area is 231 Å². The van der Waals surface area contributed by atoms with E-state index < -0.39 is 5.97 Å². The highest BCUT2D eigenvalue weighted by atomic mass is 35.5. The van der Waals surface area contributed by atoms with Crippen molar-refractivity contribution in [3.8, 4) is 5.75 Å². The average molecular weight is 542 g/mol. The molecule has 2 aromatic rings. The predicted molar refractivity (Wildman–Crippen MR) is 148 cm³/mol. The van der Waals surface area contributed by atoms with E-state index in [1.165, 1.54) is 11.3 Å². The standard InChI is InChI=1S/C31H40ClNO5/c1-20(2)7-6-14-31(4)26-12-10-21(3)37-30(26)25-16-22(11-13-27(25)38-31)17-28(34)33(19-29(35)36)18-23-8-5-9-24(32)15-23/h5,8-9,11,13,15-16,20-21,26,30H,6-7,10,12,14,17-19H2,1-4H3,(H,35,36)/t21-,26-,30+,31+/m1/s1. The summed E-state index contributed by atoms with van der Waals surface area (Å²) in [5, 5.41) is 9.98. The fraction of sp³-hybridized carbons (Fsp3) is 0.548. The number of hydrogen-bond donors (Lipinski definition) is 1. The fourth-order valence-electron chi connectivity index (χ4n) is 5.88. The van der Waals surface area contributed by atoms with E-state index in [9.17, 15) is 14.7 Å². The molecule has 2 aromatic carbocycles. The van der Waals surface area contributed by atoms with Crippen molar-refractivity contribution >= 4 is 23.5 Å². The quantitative estimate of drug-likeness (QED) is 0.357. The number of carboxylic acids is 1. The average Bonchev–Trinajstić information content (AvgIpc) is 2.83. The molecule has 0 saturated carbocycles. The minimum atomic E-state index is -1.05. The molecule has 206 valence electrons. The molecular formula is C31H40ClNO5. The maximum absolute atomic E-state index is 13.3. The first kappa shape index (κ1) is 28.4. The number of benzene rings is 2. The number of nitrogens with zero attached hydrogens (tertiary/aromatic N) is 1. The molecule has 2 heterocycles. The summed E-state index contributed by atoms with van der Waals surface area (Å²) in [6, 6.07) is 13.0. The Hall–Kier alpha value is -2.57. The summed E-state index contributed by atoms with van der Waals surface area (Å²) in [5.74, 6) is 0.425. The predicted octanol–water partition coefficient (Wildman–Crippen LogP) is 6.83. The number of carboxylic acid groups (broad SMARTS) is 1. The fourth-order valence-corrected chi connectivity index (χ4v) is 6.09. The molecule has 4 rings (SSSR count). The van der Waals surface area contributed by atoms with E-state index in [1.54, 1.807) is 18.2 Å². The van der Waals surface area contributed by atoms with Gasteiger partial charge in [0.1, 0.15) is 17.9 Å². The van der Waals surface area contributed by atoms with Gasteiger partial charge in [0.25, 0.3) is 0 Å². The number of halogens is 1. The zero-order valence-electron chi connectivity index (χ0n) is 22.9. The Bertz CT molecular complexity index is 1150. The van der Waals surface area contributed by atoms with Gasteiger partial charge in [0.05, 0.1) is 18.6 Å². The molecule has 1 fully saturated rings. The largest absolute Gasteiger partial charge is 0.487 e. The van der Waals surface area contributed by atoms with E-state index in [0.29, 0.717) is 10.9 Å². The number of carbonyl (C=O) groups excluding carboxylic acids is 1. The Morgan fingerprint density at radius 2 is 1.95 bits per heavy atom. The molecule has 7 heteroatoms. The van der Waals surface area contributed by atoms with Crippen LogP contribution in [0.5, 0.6) is 5.75 Å². The first-order valence-electron chi connectivity index (χ1n) is 13.8. The van der Waals surface area contributed by atoms with Crippen LogP contribution < -0.4 is 4.74 Å². The van der Waals surface area contributed by atoms with Crippen LogP contribution in [0.25, 0.3) is 0 Å². The van der Waals surface area contributed by atoms with Gasteiger partial charge in [0.15, 0.2) is 0 Å². The van der Waals surface area contributed by atoms with Gasteiger partial charge in [-0.15, -0.1) is 0 Å². The lowest BCUT2D eigenvalue weighted by Gasteiger charge is -2.50. The molecule has 6 nitrogen and oxygen atoms in total. The molecule has 0 radical (unpaired) electrons. The number of aliphatic carboxylic acids is 1. The first-order chi connectivity index (χ1) is 18.0. The lowest BCUT2D eigenvalue weighted by atomic mass is 9.72. The summed E-state index contributed by atoms with van der Waals surface area (Å²) in [6.07, 6.45) is 5.49. The second kappa shape index (κ2) is 12.1. The van der Waals surface area contributed by atoms with E-state index in [-0.39, 0.29) is 49.1 Å². The molecule has 1 saturated heterocycles. The number of fused-ring (bicyclic) bond motifs is 3. The normalized spacial score (nSPS) is 24.3. The summed E-state index contributed by atoms with van der Waals surface area (Å²) in [4.78, 5) is 26.2. The van der Waals surface area contributed by atoms with Gasteiger partial charge in [-0.1, -0.05) is 50.1 Å². The minimum absolute atomic E-state index is 0.0804. The maximum atomic E-state index is 13.3. The van der Waals surface area contributed by atoms with E-state index >= 15 is 0 Å². The van der Waals surface area contributed by atoms with Gasteiger partial charge in [0.2, 0.25) is 5.91 Å². The van der Waals surface area contributed by atoms with Crippen LogP contribution in [0, 0.1) is 11.8 Å². The number of hydrogen-bond acceptors (Lipinski definition) is 4. The third kappa shape index (κ3) is 6.89. The first-order valence-corrected chi connectivity index (χ1v) is 14.1. The molecule has 1 N–H and O–H groups in total. The maximum Gasteiger partial charge on any atom is 0.323 e. The van der Waals surface area contributed by atoms with E-state index in [2.05, 4.69) is 27.7 Å². The van der Waals surface area contributed by atoms with Gasteiger partial charge in [-0.25, -0.2) is 0 Å². The van der Waals surface area contributed by atoms with E-state index in [0.717, 1.165) is 48.1 Å². The molecule has 0 aliphatic carbocycles. The van der Waals surface area contributed by atoms with Crippen LogP contribution in [0.15, 0.2) is 42.5 Å². The molecule has 4 atom stereocenters. The number of ether oxygens (including phenoxy) is 2. The van der Waals surface area contributed by atoms with Crippen LogP contribution in [0.2, 0.25) is 5.02 Å². The summed E-state index contributed by atoms with van der Waals surface area (Å²) in [7, 11) is 0. The SMILES string of the molecule is CC(C)CCC[C@]1(C)Oc2ccc(CC(=O)N(CC(=O)O)Cc3cccc(Cl)c3)cc2[C@@H]2O[C@H](C)CC[C@H]21. The molecule has 0 spiro atoms. The van der Waals surface area contributed by atoms with Gasteiger partial charge < -0.3 is 19.5 Å². The second-order valence-electron chi connectivity index (χ2n) is 11.6.